The minimum absolute atomic E-state index is 0.0780. The summed E-state index contributed by atoms with van der Waals surface area (Å²) in [6, 6.07) is 10.6. The molecule has 156 valence electrons. The van der Waals surface area contributed by atoms with Gasteiger partial charge in [0.15, 0.2) is 0 Å². The molecule has 1 saturated carbocycles. The number of benzene rings is 2. The third-order valence-corrected chi connectivity index (χ3v) is 5.80. The van der Waals surface area contributed by atoms with E-state index in [0.29, 0.717) is 16.4 Å². The number of hydrogen-bond donors (Lipinski definition) is 1. The Hall–Kier alpha value is -2.93. The number of nitrogens with zero attached hydrogens (tertiary/aromatic N) is 2. The third kappa shape index (κ3) is 4.03. The predicted molar refractivity (Wildman–Crippen MR) is 112 cm³/mol. The summed E-state index contributed by atoms with van der Waals surface area (Å²) in [5.41, 5.74) is 0.726. The highest BCUT2D eigenvalue weighted by molar-refractivity contribution is 6.30. The van der Waals surface area contributed by atoms with Gasteiger partial charge in [0.1, 0.15) is 11.9 Å². The molecule has 1 heterocycles. The standard InChI is InChI=1S/C22H21ClFN3O3/c23-14-8-10-18(11-9-14)27-21(29)19(26(22(27)30)17-6-1-2-7-17)13-20(28)25-16-5-3-4-15(24)12-16/h3-5,8-12,17,19H,1-2,6-7,13H2,(H,25,28). The molecule has 1 saturated heterocycles. The monoisotopic (exact) mass is 429 g/mol. The van der Waals surface area contributed by atoms with Gasteiger partial charge in [-0.3, -0.25) is 9.59 Å². The molecule has 0 spiro atoms. The first-order valence-corrected chi connectivity index (χ1v) is 10.3. The fraction of sp³-hybridized carbons (Fsp3) is 0.318. The van der Waals surface area contributed by atoms with Gasteiger partial charge in [0, 0.05) is 16.8 Å². The average Bonchev–Trinajstić information content (AvgIpc) is 3.30. The van der Waals surface area contributed by atoms with Gasteiger partial charge >= 0.3 is 6.03 Å². The number of halogens is 2. The number of imide groups is 1. The van der Waals surface area contributed by atoms with Crippen LogP contribution in [-0.2, 0) is 9.59 Å². The molecule has 0 radical (unpaired) electrons. The van der Waals surface area contributed by atoms with E-state index in [0.717, 1.165) is 30.6 Å². The number of hydrogen-bond acceptors (Lipinski definition) is 3. The summed E-state index contributed by atoms with van der Waals surface area (Å²) in [6.07, 6.45) is 3.37. The van der Waals surface area contributed by atoms with E-state index in [2.05, 4.69) is 5.32 Å². The van der Waals surface area contributed by atoms with Crippen LogP contribution in [0.3, 0.4) is 0 Å². The topological polar surface area (TPSA) is 69.7 Å². The van der Waals surface area contributed by atoms with E-state index in [9.17, 15) is 18.8 Å². The highest BCUT2D eigenvalue weighted by atomic mass is 35.5. The molecule has 1 N–H and O–H groups in total. The number of carbonyl (C=O) groups is 3. The normalized spacial score (nSPS) is 19.6. The first-order valence-electron chi connectivity index (χ1n) is 9.91. The van der Waals surface area contributed by atoms with E-state index < -0.39 is 29.7 Å². The molecular formula is C22H21ClFN3O3. The lowest BCUT2D eigenvalue weighted by Crippen LogP contribution is -2.43. The van der Waals surface area contributed by atoms with E-state index in [4.69, 9.17) is 11.6 Å². The van der Waals surface area contributed by atoms with Crippen molar-refractivity contribution in [3.63, 3.8) is 0 Å². The summed E-state index contributed by atoms with van der Waals surface area (Å²) in [7, 11) is 0. The molecule has 6 nitrogen and oxygen atoms in total. The largest absolute Gasteiger partial charge is 0.332 e. The van der Waals surface area contributed by atoms with Gasteiger partial charge in [-0.25, -0.2) is 14.1 Å². The van der Waals surface area contributed by atoms with Gasteiger partial charge in [-0.05, 0) is 55.3 Å². The lowest BCUT2D eigenvalue weighted by molar-refractivity contribution is -0.124. The molecule has 2 aromatic rings. The zero-order valence-electron chi connectivity index (χ0n) is 16.2. The molecule has 4 amide bonds. The van der Waals surface area contributed by atoms with Crippen molar-refractivity contribution in [2.24, 2.45) is 0 Å². The zero-order valence-corrected chi connectivity index (χ0v) is 16.9. The molecule has 0 bridgehead atoms. The molecule has 30 heavy (non-hydrogen) atoms. The van der Waals surface area contributed by atoms with Crippen molar-refractivity contribution >= 4 is 40.8 Å². The highest BCUT2D eigenvalue weighted by Crippen LogP contribution is 2.34. The number of carbonyl (C=O) groups excluding carboxylic acids is 3. The quantitative estimate of drug-likeness (QED) is 0.707. The Kier molecular flexibility index (Phi) is 5.72. The van der Waals surface area contributed by atoms with Crippen molar-refractivity contribution in [3.8, 4) is 0 Å². The SMILES string of the molecule is O=C(CC1C(=O)N(c2ccc(Cl)cc2)C(=O)N1C1CCCC1)Nc1cccc(F)c1. The van der Waals surface area contributed by atoms with Crippen LogP contribution in [0, 0.1) is 5.82 Å². The Morgan fingerprint density at radius 2 is 1.80 bits per heavy atom. The molecule has 2 aliphatic rings. The maximum Gasteiger partial charge on any atom is 0.332 e. The molecule has 1 aliphatic heterocycles. The summed E-state index contributed by atoms with van der Waals surface area (Å²) in [5.74, 6) is -1.36. The van der Waals surface area contributed by atoms with E-state index in [1.54, 1.807) is 35.2 Å². The van der Waals surface area contributed by atoms with Crippen molar-refractivity contribution in [1.29, 1.82) is 0 Å². The van der Waals surface area contributed by atoms with E-state index in [1.807, 2.05) is 0 Å². The molecule has 0 aromatic heterocycles. The number of rotatable bonds is 5. The van der Waals surface area contributed by atoms with E-state index in [-0.39, 0.29) is 12.5 Å². The predicted octanol–water partition coefficient (Wildman–Crippen LogP) is 4.59. The van der Waals surface area contributed by atoms with Crippen molar-refractivity contribution in [2.45, 2.75) is 44.2 Å². The molecule has 2 aromatic carbocycles. The number of urea groups is 1. The van der Waals surface area contributed by atoms with E-state index >= 15 is 0 Å². The second-order valence-electron chi connectivity index (χ2n) is 7.56. The fourth-order valence-corrected chi connectivity index (χ4v) is 4.30. The maximum atomic E-state index is 13.4. The smallest absolute Gasteiger partial charge is 0.326 e. The lowest BCUT2D eigenvalue weighted by atomic mass is 10.1. The lowest BCUT2D eigenvalue weighted by Gasteiger charge is -2.27. The van der Waals surface area contributed by atoms with Gasteiger partial charge in [0.2, 0.25) is 5.91 Å². The molecule has 8 heteroatoms. The zero-order chi connectivity index (χ0) is 21.3. The second-order valence-corrected chi connectivity index (χ2v) is 7.99. The van der Waals surface area contributed by atoms with Gasteiger partial charge in [0.05, 0.1) is 12.1 Å². The van der Waals surface area contributed by atoms with Crippen LogP contribution in [0.25, 0.3) is 0 Å². The first kappa shape index (κ1) is 20.3. The molecule has 1 atom stereocenters. The van der Waals surface area contributed by atoms with Gasteiger partial charge in [0.25, 0.3) is 5.91 Å². The first-order chi connectivity index (χ1) is 14.4. The summed E-state index contributed by atoms with van der Waals surface area (Å²) < 4.78 is 13.4. The summed E-state index contributed by atoms with van der Waals surface area (Å²) in [6.45, 7) is 0. The van der Waals surface area contributed by atoms with Crippen LogP contribution < -0.4 is 10.2 Å². The van der Waals surface area contributed by atoms with Crippen molar-refractivity contribution < 1.29 is 18.8 Å². The minimum atomic E-state index is -0.898. The number of nitrogens with one attached hydrogen (secondary N) is 1. The molecule has 1 aliphatic carbocycles. The number of amides is 4. The molecule has 1 unspecified atom stereocenters. The Balaban J connectivity index is 1.58. The minimum Gasteiger partial charge on any atom is -0.326 e. The van der Waals surface area contributed by atoms with Crippen molar-refractivity contribution in [2.75, 3.05) is 10.2 Å². The Bertz CT molecular complexity index is 976. The van der Waals surface area contributed by atoms with Gasteiger partial charge in [-0.2, -0.15) is 0 Å². The van der Waals surface area contributed by atoms with Crippen LogP contribution in [-0.4, -0.2) is 34.8 Å². The summed E-state index contributed by atoms with van der Waals surface area (Å²) >= 11 is 5.93. The van der Waals surface area contributed by atoms with E-state index in [1.165, 1.54) is 18.2 Å². The van der Waals surface area contributed by atoms with Crippen LogP contribution in [0.15, 0.2) is 48.5 Å². The van der Waals surface area contributed by atoms with Gasteiger partial charge in [-0.15, -0.1) is 0 Å². The van der Waals surface area contributed by atoms with Crippen LogP contribution in [0.4, 0.5) is 20.6 Å². The number of anilines is 2. The fourth-order valence-electron chi connectivity index (χ4n) is 4.17. The Labute approximate surface area is 178 Å². The third-order valence-electron chi connectivity index (χ3n) is 5.54. The summed E-state index contributed by atoms with van der Waals surface area (Å²) in [4.78, 5) is 41.7. The van der Waals surface area contributed by atoms with Crippen LogP contribution in [0.2, 0.25) is 5.02 Å². The van der Waals surface area contributed by atoms with Crippen LogP contribution in [0.5, 0.6) is 0 Å². The average molecular weight is 430 g/mol. The van der Waals surface area contributed by atoms with Crippen LogP contribution >= 0.6 is 11.6 Å². The summed E-state index contributed by atoms with van der Waals surface area (Å²) in [5, 5.41) is 3.11. The molecular weight excluding hydrogens is 409 g/mol. The van der Waals surface area contributed by atoms with Crippen molar-refractivity contribution in [3.05, 3.63) is 59.4 Å². The van der Waals surface area contributed by atoms with Crippen LogP contribution in [0.1, 0.15) is 32.1 Å². The van der Waals surface area contributed by atoms with Crippen molar-refractivity contribution in [1.82, 2.24) is 4.90 Å². The maximum absolute atomic E-state index is 13.4. The molecule has 4 rings (SSSR count). The molecule has 2 fully saturated rings. The Morgan fingerprint density at radius 3 is 2.47 bits per heavy atom. The second kappa shape index (κ2) is 8.44. The van der Waals surface area contributed by atoms with Gasteiger partial charge < -0.3 is 10.2 Å². The Morgan fingerprint density at radius 1 is 1.10 bits per heavy atom. The van der Waals surface area contributed by atoms with Gasteiger partial charge in [-0.1, -0.05) is 30.5 Å². The highest BCUT2D eigenvalue weighted by Gasteiger charge is 2.49.